The van der Waals surface area contributed by atoms with Crippen molar-refractivity contribution in [2.24, 2.45) is 7.05 Å². The lowest BCUT2D eigenvalue weighted by Gasteiger charge is -2.07. The Morgan fingerprint density at radius 1 is 1.53 bits per heavy atom. The van der Waals surface area contributed by atoms with E-state index in [2.05, 4.69) is 26.5 Å². The van der Waals surface area contributed by atoms with Gasteiger partial charge < -0.3 is 9.88 Å². The first-order valence-electron chi connectivity index (χ1n) is 5.55. The van der Waals surface area contributed by atoms with Gasteiger partial charge in [-0.3, -0.25) is 4.68 Å². The average Bonchev–Trinajstić information content (AvgIpc) is 2.84. The Kier molecular flexibility index (Phi) is 3.27. The van der Waals surface area contributed by atoms with Gasteiger partial charge in [0.05, 0.1) is 12.2 Å². The zero-order valence-electron chi connectivity index (χ0n) is 10.2. The van der Waals surface area contributed by atoms with E-state index < -0.39 is 0 Å². The van der Waals surface area contributed by atoms with E-state index in [1.54, 1.807) is 6.20 Å². The zero-order chi connectivity index (χ0) is 12.3. The van der Waals surface area contributed by atoms with Crippen molar-refractivity contribution in [2.45, 2.75) is 13.5 Å². The Labute approximate surface area is 101 Å². The number of aromatic nitrogens is 4. The fourth-order valence-electron chi connectivity index (χ4n) is 1.75. The van der Waals surface area contributed by atoms with Gasteiger partial charge in [-0.2, -0.15) is 5.10 Å². The van der Waals surface area contributed by atoms with Crippen LogP contribution in [0.3, 0.4) is 0 Å². The van der Waals surface area contributed by atoms with Gasteiger partial charge >= 0.3 is 0 Å². The number of hydrogen-bond donors (Lipinski definition) is 1. The van der Waals surface area contributed by atoms with E-state index in [1.807, 2.05) is 37.1 Å². The van der Waals surface area contributed by atoms with Crippen molar-refractivity contribution in [2.75, 3.05) is 11.9 Å². The zero-order valence-corrected chi connectivity index (χ0v) is 10.2. The summed E-state index contributed by atoms with van der Waals surface area (Å²) >= 11 is 0. The molecule has 0 saturated carbocycles. The molecule has 0 bridgehead atoms. The topological polar surface area (TPSA) is 47.7 Å². The number of hydrogen-bond acceptors (Lipinski definition) is 3. The number of nitrogens with one attached hydrogen (secondary N) is 1. The van der Waals surface area contributed by atoms with Gasteiger partial charge in [-0.1, -0.05) is 6.08 Å². The summed E-state index contributed by atoms with van der Waals surface area (Å²) in [5.74, 6) is 0.855. The van der Waals surface area contributed by atoms with Crippen LogP contribution in [0.4, 0.5) is 5.95 Å². The first kappa shape index (κ1) is 11.4. The number of rotatable bonds is 5. The third kappa shape index (κ3) is 2.55. The van der Waals surface area contributed by atoms with Crippen LogP contribution < -0.4 is 5.32 Å². The largest absolute Gasteiger partial charge is 0.352 e. The second kappa shape index (κ2) is 4.86. The van der Waals surface area contributed by atoms with Crippen LogP contribution in [0.15, 0.2) is 31.2 Å². The van der Waals surface area contributed by atoms with Crippen LogP contribution in [0, 0.1) is 6.92 Å². The van der Waals surface area contributed by atoms with Gasteiger partial charge in [-0.25, -0.2) is 4.98 Å². The average molecular weight is 231 g/mol. The molecule has 17 heavy (non-hydrogen) atoms. The first-order valence-corrected chi connectivity index (χ1v) is 5.55. The van der Waals surface area contributed by atoms with Crippen molar-refractivity contribution in [3.05, 3.63) is 42.5 Å². The van der Waals surface area contributed by atoms with Gasteiger partial charge in [0.1, 0.15) is 0 Å². The smallest absolute Gasteiger partial charge is 0.203 e. The lowest BCUT2D eigenvalue weighted by Crippen LogP contribution is -2.08. The summed E-state index contributed by atoms with van der Waals surface area (Å²) in [5.41, 5.74) is 2.25. The summed E-state index contributed by atoms with van der Waals surface area (Å²) in [6.07, 6.45) is 7.59. The molecule has 0 aliphatic carbocycles. The molecular formula is C12H17N5. The SMILES string of the molecule is C=CCNc1nccn1Cc1cn(C)nc1C. The Bertz CT molecular complexity index is 509. The molecule has 0 aliphatic rings. The highest BCUT2D eigenvalue weighted by Crippen LogP contribution is 2.11. The molecule has 5 heteroatoms. The molecule has 0 fully saturated rings. The second-order valence-electron chi connectivity index (χ2n) is 3.96. The molecule has 0 atom stereocenters. The van der Waals surface area contributed by atoms with Gasteiger partial charge in [-0.15, -0.1) is 6.58 Å². The molecule has 0 aliphatic heterocycles. The Morgan fingerprint density at radius 2 is 2.35 bits per heavy atom. The maximum Gasteiger partial charge on any atom is 0.203 e. The predicted molar refractivity (Wildman–Crippen MR) is 68.0 cm³/mol. The van der Waals surface area contributed by atoms with Gasteiger partial charge in [0.15, 0.2) is 0 Å². The minimum absolute atomic E-state index is 0.711. The Hall–Kier alpha value is -2.04. The molecule has 0 amide bonds. The molecule has 5 nitrogen and oxygen atoms in total. The molecule has 90 valence electrons. The van der Waals surface area contributed by atoms with E-state index in [9.17, 15) is 0 Å². The molecule has 0 unspecified atom stereocenters. The Morgan fingerprint density at radius 3 is 3.00 bits per heavy atom. The molecule has 2 aromatic rings. The van der Waals surface area contributed by atoms with Gasteiger partial charge in [0.25, 0.3) is 0 Å². The van der Waals surface area contributed by atoms with Crippen molar-refractivity contribution >= 4 is 5.95 Å². The molecule has 0 aromatic carbocycles. The van der Waals surface area contributed by atoms with Crippen LogP contribution >= 0.6 is 0 Å². The van der Waals surface area contributed by atoms with Gasteiger partial charge in [-0.05, 0) is 6.92 Å². The van der Waals surface area contributed by atoms with E-state index >= 15 is 0 Å². The fourth-order valence-corrected chi connectivity index (χ4v) is 1.75. The highest BCUT2D eigenvalue weighted by atomic mass is 15.3. The van der Waals surface area contributed by atoms with E-state index in [-0.39, 0.29) is 0 Å². The number of nitrogens with zero attached hydrogens (tertiary/aromatic N) is 4. The lowest BCUT2D eigenvalue weighted by molar-refractivity contribution is 0.755. The van der Waals surface area contributed by atoms with Crippen molar-refractivity contribution in [3.8, 4) is 0 Å². The Balaban J connectivity index is 2.15. The summed E-state index contributed by atoms with van der Waals surface area (Å²) in [4.78, 5) is 4.26. The van der Waals surface area contributed by atoms with E-state index in [1.165, 1.54) is 5.56 Å². The summed E-state index contributed by atoms with van der Waals surface area (Å²) in [5, 5.41) is 7.53. The highest BCUT2D eigenvalue weighted by Gasteiger charge is 2.06. The van der Waals surface area contributed by atoms with E-state index in [0.29, 0.717) is 6.54 Å². The molecular weight excluding hydrogens is 214 g/mol. The number of imidazole rings is 1. The molecule has 2 aromatic heterocycles. The second-order valence-corrected chi connectivity index (χ2v) is 3.96. The standard InChI is InChI=1S/C12H17N5/c1-4-5-13-12-14-6-7-17(12)9-11-8-16(3)15-10(11)2/h4,6-8H,1,5,9H2,2-3H3,(H,13,14). The maximum atomic E-state index is 4.33. The van der Waals surface area contributed by atoms with Crippen LogP contribution in [0.2, 0.25) is 0 Å². The fraction of sp³-hybridized carbons (Fsp3) is 0.333. The quantitative estimate of drug-likeness (QED) is 0.795. The highest BCUT2D eigenvalue weighted by molar-refractivity contribution is 5.29. The van der Waals surface area contributed by atoms with E-state index in [4.69, 9.17) is 0 Å². The third-order valence-corrected chi connectivity index (χ3v) is 2.58. The summed E-state index contributed by atoms with van der Waals surface area (Å²) in [6, 6.07) is 0. The third-order valence-electron chi connectivity index (χ3n) is 2.58. The number of anilines is 1. The monoisotopic (exact) mass is 231 g/mol. The van der Waals surface area contributed by atoms with Crippen molar-refractivity contribution in [1.82, 2.24) is 19.3 Å². The van der Waals surface area contributed by atoms with Crippen LogP contribution in [0.1, 0.15) is 11.3 Å². The van der Waals surface area contributed by atoms with E-state index in [0.717, 1.165) is 18.2 Å². The van der Waals surface area contributed by atoms with Gasteiger partial charge in [0, 0.05) is 37.7 Å². The molecule has 2 heterocycles. The lowest BCUT2D eigenvalue weighted by atomic mass is 10.2. The maximum absolute atomic E-state index is 4.33. The van der Waals surface area contributed by atoms with Crippen molar-refractivity contribution < 1.29 is 0 Å². The van der Waals surface area contributed by atoms with Crippen LogP contribution in [0.25, 0.3) is 0 Å². The molecule has 0 spiro atoms. The minimum atomic E-state index is 0.711. The summed E-state index contributed by atoms with van der Waals surface area (Å²) < 4.78 is 3.89. The molecule has 2 rings (SSSR count). The predicted octanol–water partition coefficient (Wildman–Crippen LogP) is 1.57. The molecule has 0 saturated heterocycles. The first-order chi connectivity index (χ1) is 8.20. The van der Waals surface area contributed by atoms with Crippen LogP contribution in [-0.4, -0.2) is 25.9 Å². The van der Waals surface area contributed by atoms with Crippen LogP contribution in [0.5, 0.6) is 0 Å². The molecule has 0 radical (unpaired) electrons. The van der Waals surface area contributed by atoms with Crippen molar-refractivity contribution in [1.29, 1.82) is 0 Å². The van der Waals surface area contributed by atoms with Gasteiger partial charge in [0.2, 0.25) is 5.95 Å². The normalized spacial score (nSPS) is 10.5. The summed E-state index contributed by atoms with van der Waals surface area (Å²) in [6.45, 7) is 7.18. The summed E-state index contributed by atoms with van der Waals surface area (Å²) in [7, 11) is 1.93. The van der Waals surface area contributed by atoms with Crippen molar-refractivity contribution in [3.63, 3.8) is 0 Å². The molecule has 1 N–H and O–H groups in total. The van der Waals surface area contributed by atoms with Crippen LogP contribution in [-0.2, 0) is 13.6 Å². The minimum Gasteiger partial charge on any atom is -0.352 e. The number of aryl methyl sites for hydroxylation is 2.